The minimum Gasteiger partial charge on any atom is -0.278 e. The number of aryl methyl sites for hydroxylation is 1. The number of carbonyl (C=O) groups is 2. The Labute approximate surface area is 115 Å². The summed E-state index contributed by atoms with van der Waals surface area (Å²) in [6.45, 7) is 0.327. The molecule has 0 unspecified atom stereocenters. The van der Waals surface area contributed by atoms with Crippen molar-refractivity contribution in [3.63, 3.8) is 0 Å². The van der Waals surface area contributed by atoms with Crippen LogP contribution in [0.4, 0.5) is 10.6 Å². The fourth-order valence-electron chi connectivity index (χ4n) is 2.29. The SMILES string of the molecule is C#Cc1ccc2c(N3CCC(=O)NC3=O)nn(C)c2c1. The number of carbonyl (C=O) groups excluding carboxylic acids is 2. The van der Waals surface area contributed by atoms with E-state index in [-0.39, 0.29) is 12.3 Å². The molecule has 20 heavy (non-hydrogen) atoms. The lowest BCUT2D eigenvalue weighted by Gasteiger charge is -2.24. The molecule has 100 valence electrons. The maximum atomic E-state index is 11.9. The number of imide groups is 1. The number of benzene rings is 1. The van der Waals surface area contributed by atoms with E-state index in [9.17, 15) is 9.59 Å². The molecule has 1 aliphatic rings. The number of terminal acetylenes is 1. The van der Waals surface area contributed by atoms with Gasteiger partial charge in [0, 0.05) is 31.0 Å². The summed E-state index contributed by atoms with van der Waals surface area (Å²) >= 11 is 0. The molecule has 1 aromatic heterocycles. The number of rotatable bonds is 1. The van der Waals surface area contributed by atoms with Gasteiger partial charge in [0.05, 0.1) is 5.52 Å². The highest BCUT2D eigenvalue weighted by Gasteiger charge is 2.27. The molecule has 1 aliphatic heterocycles. The van der Waals surface area contributed by atoms with E-state index in [1.807, 2.05) is 12.1 Å². The van der Waals surface area contributed by atoms with Crippen molar-refractivity contribution in [1.29, 1.82) is 0 Å². The molecule has 1 aromatic carbocycles. The van der Waals surface area contributed by atoms with Crippen LogP contribution in [0.3, 0.4) is 0 Å². The van der Waals surface area contributed by atoms with Crippen LogP contribution in [0.5, 0.6) is 0 Å². The van der Waals surface area contributed by atoms with Crippen LogP contribution in [0, 0.1) is 12.3 Å². The predicted octanol–water partition coefficient (Wildman–Crippen LogP) is 1.00. The number of amides is 3. The van der Waals surface area contributed by atoms with Gasteiger partial charge < -0.3 is 0 Å². The van der Waals surface area contributed by atoms with Crippen molar-refractivity contribution < 1.29 is 9.59 Å². The Balaban J connectivity index is 2.11. The van der Waals surface area contributed by atoms with Crippen LogP contribution >= 0.6 is 0 Å². The van der Waals surface area contributed by atoms with Crippen molar-refractivity contribution in [1.82, 2.24) is 15.1 Å². The standard InChI is InChI=1S/C14H12N4O2/c1-3-9-4-5-10-11(8-9)17(2)16-13(10)18-7-6-12(19)15-14(18)20/h1,4-5,8H,6-7H2,2H3,(H,15,19,20). The number of hydrogen-bond acceptors (Lipinski definition) is 3. The lowest BCUT2D eigenvalue weighted by Crippen LogP contribution is -2.49. The first-order valence-electron chi connectivity index (χ1n) is 6.15. The lowest BCUT2D eigenvalue weighted by atomic mass is 10.1. The molecule has 0 atom stereocenters. The van der Waals surface area contributed by atoms with Crippen LogP contribution in [0.15, 0.2) is 18.2 Å². The van der Waals surface area contributed by atoms with Gasteiger partial charge in [-0.1, -0.05) is 5.92 Å². The second-order valence-corrected chi connectivity index (χ2v) is 4.58. The van der Waals surface area contributed by atoms with E-state index in [1.165, 1.54) is 4.90 Å². The van der Waals surface area contributed by atoms with E-state index < -0.39 is 6.03 Å². The molecular formula is C14H12N4O2. The van der Waals surface area contributed by atoms with Gasteiger partial charge in [0.15, 0.2) is 5.82 Å². The van der Waals surface area contributed by atoms with Crippen molar-refractivity contribution in [3.05, 3.63) is 23.8 Å². The Kier molecular flexibility index (Phi) is 2.68. The van der Waals surface area contributed by atoms with Crippen LogP contribution in [-0.4, -0.2) is 28.3 Å². The number of urea groups is 1. The van der Waals surface area contributed by atoms with Gasteiger partial charge in [0.25, 0.3) is 0 Å². The molecule has 1 fully saturated rings. The summed E-state index contributed by atoms with van der Waals surface area (Å²) < 4.78 is 1.68. The molecule has 3 rings (SSSR count). The highest BCUT2D eigenvalue weighted by atomic mass is 16.2. The van der Waals surface area contributed by atoms with Gasteiger partial charge in [0.2, 0.25) is 5.91 Å². The van der Waals surface area contributed by atoms with Gasteiger partial charge in [-0.25, -0.2) is 4.79 Å². The maximum absolute atomic E-state index is 11.9. The van der Waals surface area contributed by atoms with Gasteiger partial charge >= 0.3 is 6.03 Å². The fraction of sp³-hybridized carbons (Fsp3) is 0.214. The summed E-state index contributed by atoms with van der Waals surface area (Å²) in [5, 5.41) is 7.49. The van der Waals surface area contributed by atoms with E-state index in [4.69, 9.17) is 6.42 Å². The number of aromatic nitrogens is 2. The monoisotopic (exact) mass is 268 g/mol. The van der Waals surface area contributed by atoms with E-state index >= 15 is 0 Å². The summed E-state index contributed by atoms with van der Waals surface area (Å²) in [6, 6.07) is 5.05. The number of anilines is 1. The lowest BCUT2D eigenvalue weighted by molar-refractivity contribution is -0.120. The fourth-order valence-corrected chi connectivity index (χ4v) is 2.29. The predicted molar refractivity (Wildman–Crippen MR) is 74.2 cm³/mol. The average Bonchev–Trinajstić information content (AvgIpc) is 2.75. The summed E-state index contributed by atoms with van der Waals surface area (Å²) in [4.78, 5) is 24.6. The molecule has 1 N–H and O–H groups in total. The second-order valence-electron chi connectivity index (χ2n) is 4.58. The zero-order valence-electron chi connectivity index (χ0n) is 10.9. The Morgan fingerprint density at radius 2 is 2.20 bits per heavy atom. The first-order chi connectivity index (χ1) is 9.60. The number of fused-ring (bicyclic) bond motifs is 1. The Hall–Kier alpha value is -2.81. The van der Waals surface area contributed by atoms with Crippen LogP contribution < -0.4 is 10.2 Å². The first-order valence-corrected chi connectivity index (χ1v) is 6.15. The molecule has 6 nitrogen and oxygen atoms in total. The van der Waals surface area contributed by atoms with Crippen molar-refractivity contribution in [3.8, 4) is 12.3 Å². The third-order valence-corrected chi connectivity index (χ3v) is 3.31. The molecule has 0 bridgehead atoms. The van der Waals surface area contributed by atoms with E-state index in [0.717, 1.165) is 16.5 Å². The molecule has 0 spiro atoms. The van der Waals surface area contributed by atoms with Crippen molar-refractivity contribution in [2.45, 2.75) is 6.42 Å². The molecule has 0 saturated carbocycles. The number of nitrogens with one attached hydrogen (secondary N) is 1. The summed E-state index contributed by atoms with van der Waals surface area (Å²) in [5.41, 5.74) is 1.60. The van der Waals surface area contributed by atoms with Gasteiger partial charge in [0.1, 0.15) is 0 Å². The zero-order chi connectivity index (χ0) is 14.3. The normalized spacial score (nSPS) is 15.3. The van der Waals surface area contributed by atoms with Gasteiger partial charge in [-0.3, -0.25) is 19.7 Å². The first kappa shape index (κ1) is 12.2. The number of nitrogens with zero attached hydrogens (tertiary/aromatic N) is 3. The van der Waals surface area contributed by atoms with Crippen molar-refractivity contribution >= 4 is 28.7 Å². The molecule has 0 aliphatic carbocycles. The van der Waals surface area contributed by atoms with Gasteiger partial charge in [-0.05, 0) is 18.2 Å². The molecule has 2 heterocycles. The minimum atomic E-state index is -0.442. The molecule has 6 heteroatoms. The van der Waals surface area contributed by atoms with Crippen LogP contribution in [0.1, 0.15) is 12.0 Å². The molecule has 0 radical (unpaired) electrons. The van der Waals surface area contributed by atoms with Crippen molar-refractivity contribution in [2.75, 3.05) is 11.4 Å². The van der Waals surface area contributed by atoms with E-state index in [1.54, 1.807) is 17.8 Å². The van der Waals surface area contributed by atoms with Crippen LogP contribution in [0.25, 0.3) is 10.9 Å². The van der Waals surface area contributed by atoms with E-state index in [0.29, 0.717) is 12.4 Å². The average molecular weight is 268 g/mol. The van der Waals surface area contributed by atoms with Crippen molar-refractivity contribution in [2.24, 2.45) is 7.05 Å². The van der Waals surface area contributed by atoms with Gasteiger partial charge in [-0.2, -0.15) is 5.10 Å². The summed E-state index contributed by atoms with van der Waals surface area (Å²) in [7, 11) is 1.79. The molecule has 3 amide bonds. The zero-order valence-corrected chi connectivity index (χ0v) is 10.9. The Morgan fingerprint density at radius 3 is 2.90 bits per heavy atom. The van der Waals surface area contributed by atoms with Crippen LogP contribution in [0.2, 0.25) is 0 Å². The van der Waals surface area contributed by atoms with E-state index in [2.05, 4.69) is 16.3 Å². The second kappa shape index (κ2) is 4.38. The molecule has 2 aromatic rings. The third kappa shape index (κ3) is 1.80. The van der Waals surface area contributed by atoms with Crippen LogP contribution in [-0.2, 0) is 11.8 Å². The quantitative estimate of drug-likeness (QED) is 0.785. The Morgan fingerprint density at radius 1 is 1.40 bits per heavy atom. The maximum Gasteiger partial charge on any atom is 0.329 e. The number of hydrogen-bond donors (Lipinski definition) is 1. The highest BCUT2D eigenvalue weighted by molar-refractivity contribution is 6.08. The van der Waals surface area contributed by atoms with Gasteiger partial charge in [-0.15, -0.1) is 6.42 Å². The third-order valence-electron chi connectivity index (χ3n) is 3.31. The molecular weight excluding hydrogens is 256 g/mol. The largest absolute Gasteiger partial charge is 0.329 e. The minimum absolute atomic E-state index is 0.263. The topological polar surface area (TPSA) is 67.2 Å². The summed E-state index contributed by atoms with van der Waals surface area (Å²) in [5.74, 6) is 2.85. The smallest absolute Gasteiger partial charge is 0.278 e. The Bertz CT molecular complexity index is 769. The molecule has 1 saturated heterocycles. The highest BCUT2D eigenvalue weighted by Crippen LogP contribution is 2.27. The summed E-state index contributed by atoms with van der Waals surface area (Å²) in [6.07, 6.45) is 5.66.